The molecule has 2 aromatic rings. The first-order valence-electron chi connectivity index (χ1n) is 8.12. The Hall–Kier alpha value is -2.73. The Labute approximate surface area is 158 Å². The Morgan fingerprint density at radius 2 is 1.75 bits per heavy atom. The second kappa shape index (κ2) is 7.36. The van der Waals surface area contributed by atoms with Gasteiger partial charge in [-0.05, 0) is 18.2 Å². The summed E-state index contributed by atoms with van der Waals surface area (Å²) in [4.78, 5) is 15.5. The summed E-state index contributed by atoms with van der Waals surface area (Å²) in [6, 6.07) is 6.51. The van der Waals surface area contributed by atoms with Crippen molar-refractivity contribution in [2.45, 2.75) is 11.1 Å². The Morgan fingerprint density at radius 3 is 2.36 bits per heavy atom. The Kier molecular flexibility index (Phi) is 5.26. The third-order valence-corrected chi connectivity index (χ3v) is 6.20. The molecule has 3 rings (SSSR count). The average Bonchev–Trinajstić information content (AvgIpc) is 2.67. The normalized spacial score (nSPS) is 16.2. The molecule has 0 aliphatic carbocycles. The molecule has 0 atom stereocenters. The minimum absolute atomic E-state index is 0.0168. The maximum Gasteiger partial charge on any atom is 0.416 e. The summed E-state index contributed by atoms with van der Waals surface area (Å²) in [6.07, 6.45) is -3.44. The van der Waals surface area contributed by atoms with Crippen molar-refractivity contribution in [2.75, 3.05) is 31.1 Å². The van der Waals surface area contributed by atoms with Gasteiger partial charge in [-0.15, -0.1) is 0 Å². The van der Waals surface area contributed by atoms with Crippen LogP contribution in [0.5, 0.6) is 0 Å². The SMILES string of the molecule is O=[N+]([O-])c1cccc(S(=O)(=O)N2CCN(c3cc(C(F)(F)F)ccn3)CC2)c1. The standard InChI is InChI=1S/C16H15F3N4O4S/c17-16(18,19)12-4-5-20-15(10-12)21-6-8-22(9-7-21)28(26,27)14-3-1-2-13(11-14)23(24)25/h1-5,10-11H,6-9H2. The summed E-state index contributed by atoms with van der Waals surface area (Å²) >= 11 is 0. The van der Waals surface area contributed by atoms with Crippen LogP contribution in [-0.2, 0) is 16.2 Å². The largest absolute Gasteiger partial charge is 0.416 e. The molecule has 1 aromatic carbocycles. The lowest BCUT2D eigenvalue weighted by atomic mass is 10.2. The lowest BCUT2D eigenvalue weighted by Gasteiger charge is -2.34. The van der Waals surface area contributed by atoms with Gasteiger partial charge in [-0.2, -0.15) is 17.5 Å². The number of aromatic nitrogens is 1. The smallest absolute Gasteiger partial charge is 0.354 e. The van der Waals surface area contributed by atoms with Crippen molar-refractivity contribution >= 4 is 21.5 Å². The number of halogens is 3. The molecule has 28 heavy (non-hydrogen) atoms. The monoisotopic (exact) mass is 416 g/mol. The van der Waals surface area contributed by atoms with Gasteiger partial charge in [0.2, 0.25) is 10.0 Å². The van der Waals surface area contributed by atoms with Gasteiger partial charge >= 0.3 is 6.18 Å². The number of hydrogen-bond acceptors (Lipinski definition) is 6. The molecule has 8 nitrogen and oxygen atoms in total. The number of pyridine rings is 1. The molecule has 1 aromatic heterocycles. The predicted molar refractivity (Wildman–Crippen MR) is 93.3 cm³/mol. The van der Waals surface area contributed by atoms with Crippen LogP contribution in [0, 0.1) is 10.1 Å². The van der Waals surface area contributed by atoms with E-state index in [9.17, 15) is 31.7 Å². The van der Waals surface area contributed by atoms with E-state index in [1.807, 2.05) is 0 Å². The molecule has 1 aliphatic heterocycles. The molecule has 0 saturated carbocycles. The average molecular weight is 416 g/mol. The van der Waals surface area contributed by atoms with Crippen LogP contribution in [0.15, 0.2) is 47.5 Å². The maximum atomic E-state index is 12.8. The molecule has 0 unspecified atom stereocenters. The van der Waals surface area contributed by atoms with Crippen LogP contribution in [0.1, 0.15) is 5.56 Å². The van der Waals surface area contributed by atoms with E-state index in [2.05, 4.69) is 4.98 Å². The van der Waals surface area contributed by atoms with Crippen molar-refractivity contribution < 1.29 is 26.5 Å². The van der Waals surface area contributed by atoms with E-state index in [1.165, 1.54) is 18.2 Å². The summed E-state index contributed by atoms with van der Waals surface area (Å²) in [5, 5.41) is 10.9. The summed E-state index contributed by atoms with van der Waals surface area (Å²) in [5.74, 6) is 0.113. The molecule has 150 valence electrons. The highest BCUT2D eigenvalue weighted by Crippen LogP contribution is 2.31. The number of sulfonamides is 1. The number of rotatable bonds is 4. The van der Waals surface area contributed by atoms with Gasteiger partial charge in [-0.25, -0.2) is 13.4 Å². The minimum Gasteiger partial charge on any atom is -0.354 e. The van der Waals surface area contributed by atoms with Crippen molar-refractivity contribution in [2.24, 2.45) is 0 Å². The third kappa shape index (κ3) is 4.07. The topological polar surface area (TPSA) is 96.6 Å². The van der Waals surface area contributed by atoms with Crippen LogP contribution >= 0.6 is 0 Å². The molecule has 1 aliphatic rings. The molecular formula is C16H15F3N4O4S. The summed E-state index contributed by atoms with van der Waals surface area (Å²) in [6.45, 7) is 0.316. The molecule has 0 radical (unpaired) electrons. The number of nitro groups is 1. The molecule has 0 bridgehead atoms. The number of nitrogens with zero attached hydrogens (tertiary/aromatic N) is 4. The number of alkyl halides is 3. The van der Waals surface area contributed by atoms with Gasteiger partial charge in [0, 0.05) is 44.5 Å². The van der Waals surface area contributed by atoms with E-state index >= 15 is 0 Å². The first-order valence-corrected chi connectivity index (χ1v) is 9.56. The van der Waals surface area contributed by atoms with E-state index in [4.69, 9.17) is 0 Å². The van der Waals surface area contributed by atoms with Crippen LogP contribution in [-0.4, -0.2) is 48.8 Å². The van der Waals surface area contributed by atoms with Gasteiger partial charge in [0.25, 0.3) is 5.69 Å². The highest BCUT2D eigenvalue weighted by atomic mass is 32.2. The zero-order chi connectivity index (χ0) is 20.5. The summed E-state index contributed by atoms with van der Waals surface area (Å²) in [7, 11) is -3.95. The van der Waals surface area contributed by atoms with Crippen LogP contribution in [0.4, 0.5) is 24.7 Å². The molecule has 12 heteroatoms. The highest BCUT2D eigenvalue weighted by Gasteiger charge is 2.33. The molecular weight excluding hydrogens is 401 g/mol. The first kappa shape index (κ1) is 20.0. The number of benzene rings is 1. The lowest BCUT2D eigenvalue weighted by molar-refractivity contribution is -0.385. The van der Waals surface area contributed by atoms with E-state index in [1.54, 1.807) is 4.90 Å². The van der Waals surface area contributed by atoms with E-state index < -0.39 is 26.7 Å². The summed E-state index contributed by atoms with van der Waals surface area (Å²) < 4.78 is 65.1. The van der Waals surface area contributed by atoms with Gasteiger partial charge in [-0.1, -0.05) is 6.07 Å². The minimum atomic E-state index is -4.50. The van der Waals surface area contributed by atoms with Gasteiger partial charge < -0.3 is 4.90 Å². The predicted octanol–water partition coefficient (Wildman–Crippen LogP) is 2.52. The Balaban J connectivity index is 1.75. The second-order valence-corrected chi connectivity index (χ2v) is 7.98. The van der Waals surface area contributed by atoms with Crippen LogP contribution < -0.4 is 4.90 Å². The molecule has 0 spiro atoms. The number of non-ortho nitro benzene ring substituents is 1. The van der Waals surface area contributed by atoms with Crippen molar-refractivity contribution in [1.29, 1.82) is 0 Å². The molecule has 1 fully saturated rings. The van der Waals surface area contributed by atoms with Crippen molar-refractivity contribution in [1.82, 2.24) is 9.29 Å². The fourth-order valence-electron chi connectivity index (χ4n) is 2.83. The van der Waals surface area contributed by atoms with Crippen molar-refractivity contribution in [3.8, 4) is 0 Å². The Bertz CT molecular complexity index is 989. The lowest BCUT2D eigenvalue weighted by Crippen LogP contribution is -2.49. The van der Waals surface area contributed by atoms with Crippen molar-refractivity contribution in [3.05, 3.63) is 58.3 Å². The number of anilines is 1. The number of hydrogen-bond donors (Lipinski definition) is 0. The number of nitro benzene ring substituents is 1. The molecule has 1 saturated heterocycles. The zero-order valence-corrected chi connectivity index (χ0v) is 15.2. The van der Waals surface area contributed by atoms with Gasteiger partial charge in [-0.3, -0.25) is 10.1 Å². The van der Waals surface area contributed by atoms with Gasteiger partial charge in [0.05, 0.1) is 15.4 Å². The molecule has 2 heterocycles. The number of piperazine rings is 1. The van der Waals surface area contributed by atoms with Crippen molar-refractivity contribution in [3.63, 3.8) is 0 Å². The van der Waals surface area contributed by atoms with E-state index in [-0.39, 0.29) is 42.6 Å². The second-order valence-electron chi connectivity index (χ2n) is 6.05. The van der Waals surface area contributed by atoms with Gasteiger partial charge in [0.15, 0.2) is 0 Å². The third-order valence-electron chi connectivity index (χ3n) is 4.30. The van der Waals surface area contributed by atoms with E-state index in [0.29, 0.717) is 0 Å². The van der Waals surface area contributed by atoms with Gasteiger partial charge in [0.1, 0.15) is 5.82 Å². The van der Waals surface area contributed by atoms with Crippen LogP contribution in [0.3, 0.4) is 0 Å². The maximum absolute atomic E-state index is 12.8. The molecule has 0 amide bonds. The fraction of sp³-hybridized carbons (Fsp3) is 0.312. The fourth-order valence-corrected chi connectivity index (χ4v) is 4.29. The zero-order valence-electron chi connectivity index (χ0n) is 14.3. The quantitative estimate of drug-likeness (QED) is 0.561. The first-order chi connectivity index (χ1) is 13.1. The molecule has 0 N–H and O–H groups in total. The van der Waals surface area contributed by atoms with Crippen LogP contribution in [0.2, 0.25) is 0 Å². The van der Waals surface area contributed by atoms with Crippen LogP contribution in [0.25, 0.3) is 0 Å². The highest BCUT2D eigenvalue weighted by molar-refractivity contribution is 7.89. The van der Waals surface area contributed by atoms with E-state index in [0.717, 1.165) is 28.7 Å². The summed E-state index contributed by atoms with van der Waals surface area (Å²) in [5.41, 5.74) is -1.17. The Morgan fingerprint density at radius 1 is 1.07 bits per heavy atom.